The minimum atomic E-state index is -3.67. The van der Waals surface area contributed by atoms with Gasteiger partial charge < -0.3 is 5.11 Å². The van der Waals surface area contributed by atoms with Gasteiger partial charge in [0.15, 0.2) is 0 Å². The molecule has 0 bridgehead atoms. The van der Waals surface area contributed by atoms with Gasteiger partial charge in [-0.15, -0.1) is 0 Å². The highest BCUT2D eigenvalue weighted by Crippen LogP contribution is 2.16. The molecule has 1 rings (SSSR count). The van der Waals surface area contributed by atoms with Crippen LogP contribution in [0.1, 0.15) is 25.0 Å². The van der Waals surface area contributed by atoms with E-state index in [1.165, 1.54) is 32.0 Å². The van der Waals surface area contributed by atoms with Crippen molar-refractivity contribution >= 4 is 10.0 Å². The van der Waals surface area contributed by atoms with E-state index in [1.54, 1.807) is 6.92 Å². The van der Waals surface area contributed by atoms with Gasteiger partial charge in [0.25, 0.3) is 0 Å². The SMILES string of the molecule is Cc1cc(C#N)ccc1S(=O)(=O)NCC(C)(C)O. The third kappa shape index (κ3) is 3.81. The van der Waals surface area contributed by atoms with Crippen molar-refractivity contribution in [3.63, 3.8) is 0 Å². The number of hydrogen-bond acceptors (Lipinski definition) is 4. The number of nitrogens with zero attached hydrogens (tertiary/aromatic N) is 1. The summed E-state index contributed by atoms with van der Waals surface area (Å²) in [5, 5.41) is 18.2. The summed E-state index contributed by atoms with van der Waals surface area (Å²) in [6.07, 6.45) is 0. The van der Waals surface area contributed by atoms with Gasteiger partial charge in [0.1, 0.15) is 0 Å². The van der Waals surface area contributed by atoms with E-state index in [4.69, 9.17) is 5.26 Å². The lowest BCUT2D eigenvalue weighted by atomic mass is 10.1. The lowest BCUT2D eigenvalue weighted by molar-refractivity contribution is 0.0857. The van der Waals surface area contributed by atoms with E-state index in [0.717, 1.165) is 0 Å². The van der Waals surface area contributed by atoms with E-state index in [9.17, 15) is 13.5 Å². The number of hydrogen-bond donors (Lipinski definition) is 2. The fourth-order valence-electron chi connectivity index (χ4n) is 1.37. The summed E-state index contributed by atoms with van der Waals surface area (Å²) in [5.41, 5.74) is -0.209. The Morgan fingerprint density at radius 2 is 2.06 bits per heavy atom. The van der Waals surface area contributed by atoms with Gasteiger partial charge in [-0.25, -0.2) is 13.1 Å². The first-order chi connectivity index (χ1) is 8.15. The van der Waals surface area contributed by atoms with E-state index in [1.807, 2.05) is 6.07 Å². The molecule has 5 nitrogen and oxygen atoms in total. The Kier molecular flexibility index (Phi) is 4.12. The average molecular weight is 268 g/mol. The zero-order valence-corrected chi connectivity index (χ0v) is 11.4. The van der Waals surface area contributed by atoms with Crippen molar-refractivity contribution in [3.05, 3.63) is 29.3 Å². The fourth-order valence-corrected chi connectivity index (χ4v) is 2.80. The van der Waals surface area contributed by atoms with Crippen LogP contribution in [-0.2, 0) is 10.0 Å². The van der Waals surface area contributed by atoms with Crippen LogP contribution in [0.2, 0.25) is 0 Å². The largest absolute Gasteiger partial charge is 0.389 e. The molecule has 0 saturated heterocycles. The molecule has 0 radical (unpaired) electrons. The molecule has 0 aliphatic heterocycles. The monoisotopic (exact) mass is 268 g/mol. The van der Waals surface area contributed by atoms with Crippen LogP contribution < -0.4 is 4.72 Å². The third-order valence-corrected chi connectivity index (χ3v) is 3.85. The number of nitriles is 1. The molecule has 0 unspecified atom stereocenters. The van der Waals surface area contributed by atoms with Crippen LogP contribution >= 0.6 is 0 Å². The molecular weight excluding hydrogens is 252 g/mol. The summed E-state index contributed by atoms with van der Waals surface area (Å²) in [4.78, 5) is 0.116. The summed E-state index contributed by atoms with van der Waals surface area (Å²) in [7, 11) is -3.67. The fraction of sp³-hybridized carbons (Fsp3) is 0.417. The van der Waals surface area contributed by atoms with Crippen molar-refractivity contribution in [2.45, 2.75) is 31.3 Å². The van der Waals surface area contributed by atoms with Crippen LogP contribution in [0.15, 0.2) is 23.1 Å². The second-order valence-corrected chi connectivity index (χ2v) is 6.46. The van der Waals surface area contributed by atoms with Crippen molar-refractivity contribution in [2.24, 2.45) is 0 Å². The number of nitrogens with one attached hydrogen (secondary N) is 1. The van der Waals surface area contributed by atoms with Crippen LogP contribution in [-0.4, -0.2) is 25.7 Å². The molecule has 0 saturated carbocycles. The first kappa shape index (κ1) is 14.6. The highest BCUT2D eigenvalue weighted by atomic mass is 32.2. The predicted octanol–water partition coefficient (Wildman–Crippen LogP) is 0.916. The standard InChI is InChI=1S/C12H16N2O3S/c1-9-6-10(7-13)4-5-11(9)18(16,17)14-8-12(2,3)15/h4-6,14-15H,8H2,1-3H3. The lowest BCUT2D eigenvalue weighted by Crippen LogP contribution is -2.38. The Bertz CT molecular complexity index is 580. The van der Waals surface area contributed by atoms with Gasteiger partial charge in [0.05, 0.1) is 22.1 Å². The molecule has 0 fully saturated rings. The van der Waals surface area contributed by atoms with Gasteiger partial charge in [-0.1, -0.05) is 0 Å². The Labute approximate surface area is 107 Å². The van der Waals surface area contributed by atoms with E-state index >= 15 is 0 Å². The van der Waals surface area contributed by atoms with Crippen molar-refractivity contribution < 1.29 is 13.5 Å². The van der Waals surface area contributed by atoms with Gasteiger partial charge in [-0.2, -0.15) is 5.26 Å². The van der Waals surface area contributed by atoms with Crippen molar-refractivity contribution in [1.82, 2.24) is 4.72 Å². The van der Waals surface area contributed by atoms with Crippen molar-refractivity contribution in [2.75, 3.05) is 6.54 Å². The van der Waals surface area contributed by atoms with Gasteiger partial charge in [0, 0.05) is 6.54 Å². The second-order valence-electron chi connectivity index (χ2n) is 4.73. The molecule has 0 amide bonds. The molecule has 1 aromatic rings. The first-order valence-corrected chi connectivity index (χ1v) is 6.87. The zero-order valence-electron chi connectivity index (χ0n) is 10.6. The molecular formula is C12H16N2O3S. The number of rotatable bonds is 4. The zero-order chi connectivity index (χ0) is 14.0. The molecule has 0 heterocycles. The molecule has 98 valence electrons. The summed E-state index contributed by atoms with van der Waals surface area (Å²) in [6, 6.07) is 6.30. The number of benzene rings is 1. The van der Waals surface area contributed by atoms with Gasteiger partial charge in [0.2, 0.25) is 10.0 Å². The van der Waals surface area contributed by atoms with Crippen LogP contribution in [0.4, 0.5) is 0 Å². The highest BCUT2D eigenvalue weighted by Gasteiger charge is 2.21. The van der Waals surface area contributed by atoms with Crippen LogP contribution in [0.25, 0.3) is 0 Å². The first-order valence-electron chi connectivity index (χ1n) is 5.38. The molecule has 0 aromatic heterocycles. The summed E-state index contributed by atoms with van der Waals surface area (Å²) >= 11 is 0. The molecule has 6 heteroatoms. The number of sulfonamides is 1. The maximum absolute atomic E-state index is 12.0. The van der Waals surface area contributed by atoms with Gasteiger partial charge in [-0.3, -0.25) is 0 Å². The minimum absolute atomic E-state index is 0.0746. The second kappa shape index (κ2) is 5.06. The Morgan fingerprint density at radius 3 is 2.50 bits per heavy atom. The highest BCUT2D eigenvalue weighted by molar-refractivity contribution is 7.89. The summed E-state index contributed by atoms with van der Waals surface area (Å²) in [5.74, 6) is 0. The Balaban J connectivity index is 3.03. The van der Waals surface area contributed by atoms with Crippen LogP contribution in [0.5, 0.6) is 0 Å². The molecule has 0 atom stereocenters. The molecule has 0 spiro atoms. The maximum atomic E-state index is 12.0. The Morgan fingerprint density at radius 1 is 1.44 bits per heavy atom. The summed E-state index contributed by atoms with van der Waals surface area (Å²) in [6.45, 7) is 4.58. The summed E-state index contributed by atoms with van der Waals surface area (Å²) < 4.78 is 26.3. The molecule has 18 heavy (non-hydrogen) atoms. The molecule has 1 aromatic carbocycles. The number of aliphatic hydroxyl groups is 1. The van der Waals surface area contributed by atoms with E-state index in [-0.39, 0.29) is 11.4 Å². The average Bonchev–Trinajstić information content (AvgIpc) is 2.25. The normalized spacial score (nSPS) is 12.2. The van der Waals surface area contributed by atoms with Crippen molar-refractivity contribution in [3.8, 4) is 6.07 Å². The van der Waals surface area contributed by atoms with E-state index < -0.39 is 15.6 Å². The molecule has 0 aliphatic rings. The van der Waals surface area contributed by atoms with Gasteiger partial charge in [-0.05, 0) is 44.5 Å². The minimum Gasteiger partial charge on any atom is -0.389 e. The molecule has 0 aliphatic carbocycles. The Hall–Kier alpha value is -1.42. The lowest BCUT2D eigenvalue weighted by Gasteiger charge is -2.18. The van der Waals surface area contributed by atoms with Crippen LogP contribution in [0.3, 0.4) is 0 Å². The van der Waals surface area contributed by atoms with Gasteiger partial charge >= 0.3 is 0 Å². The quantitative estimate of drug-likeness (QED) is 0.849. The van der Waals surface area contributed by atoms with E-state index in [2.05, 4.69) is 4.72 Å². The predicted molar refractivity (Wildman–Crippen MR) is 67.4 cm³/mol. The topological polar surface area (TPSA) is 90.2 Å². The smallest absolute Gasteiger partial charge is 0.240 e. The van der Waals surface area contributed by atoms with Crippen molar-refractivity contribution in [1.29, 1.82) is 5.26 Å². The number of aryl methyl sites for hydroxylation is 1. The molecule has 2 N–H and O–H groups in total. The van der Waals surface area contributed by atoms with E-state index in [0.29, 0.717) is 11.1 Å². The van der Waals surface area contributed by atoms with Crippen LogP contribution in [0, 0.1) is 18.3 Å². The maximum Gasteiger partial charge on any atom is 0.240 e. The third-order valence-electron chi connectivity index (χ3n) is 2.29.